The van der Waals surface area contributed by atoms with Gasteiger partial charge in [0.05, 0.1) is 10.7 Å². The quantitative estimate of drug-likeness (QED) is 0.325. The number of benzene rings is 2. The van der Waals surface area contributed by atoms with Gasteiger partial charge in [0.2, 0.25) is 5.91 Å². The second kappa shape index (κ2) is 9.25. The number of aromatic nitrogens is 3. The van der Waals surface area contributed by atoms with Crippen LogP contribution in [0.4, 0.5) is 11.4 Å². The van der Waals surface area contributed by atoms with Crippen LogP contribution >= 0.6 is 35.0 Å². The lowest BCUT2D eigenvalue weighted by molar-refractivity contribution is -0.384. The lowest BCUT2D eigenvalue weighted by atomic mass is 10.1. The standard InChI is InChI=1S/C18H15Cl2N5O3S/c1-24-16(8-11-2-4-12(19)5-3-11)22-23-18(24)29-10-17(26)21-13-6-7-14(20)15(9-13)25(27)28/h2-7,9H,8,10H2,1H3,(H,21,26). The largest absolute Gasteiger partial charge is 0.325 e. The first-order chi connectivity index (χ1) is 13.8. The Labute approximate surface area is 180 Å². The van der Waals surface area contributed by atoms with Crippen LogP contribution in [-0.2, 0) is 18.3 Å². The lowest BCUT2D eigenvalue weighted by Crippen LogP contribution is -2.14. The highest BCUT2D eigenvalue weighted by atomic mass is 35.5. The maximum atomic E-state index is 12.2. The zero-order chi connectivity index (χ0) is 21.0. The number of nitro benzene ring substituents is 1. The second-order valence-electron chi connectivity index (χ2n) is 6.02. The molecule has 0 saturated carbocycles. The summed E-state index contributed by atoms with van der Waals surface area (Å²) in [6, 6.07) is 11.6. The maximum Gasteiger partial charge on any atom is 0.289 e. The van der Waals surface area contributed by atoms with E-state index in [9.17, 15) is 14.9 Å². The van der Waals surface area contributed by atoms with Crippen LogP contribution < -0.4 is 5.32 Å². The minimum atomic E-state index is -0.603. The van der Waals surface area contributed by atoms with Crippen LogP contribution in [0.3, 0.4) is 0 Å². The van der Waals surface area contributed by atoms with Gasteiger partial charge in [-0.2, -0.15) is 0 Å². The molecule has 1 aromatic heterocycles. The van der Waals surface area contributed by atoms with E-state index in [4.69, 9.17) is 23.2 Å². The molecule has 3 aromatic rings. The summed E-state index contributed by atoms with van der Waals surface area (Å²) in [6.07, 6.45) is 0.585. The number of rotatable bonds is 7. The second-order valence-corrected chi connectivity index (χ2v) is 7.81. The summed E-state index contributed by atoms with van der Waals surface area (Å²) in [4.78, 5) is 22.5. The van der Waals surface area contributed by atoms with Gasteiger partial charge in [0.15, 0.2) is 5.16 Å². The summed E-state index contributed by atoms with van der Waals surface area (Å²) in [6.45, 7) is 0. The van der Waals surface area contributed by atoms with Crippen molar-refractivity contribution in [3.8, 4) is 0 Å². The first-order valence-electron chi connectivity index (χ1n) is 8.33. The van der Waals surface area contributed by atoms with Crippen LogP contribution in [0.25, 0.3) is 0 Å². The molecule has 2 aromatic carbocycles. The van der Waals surface area contributed by atoms with E-state index in [2.05, 4.69) is 15.5 Å². The highest BCUT2D eigenvalue weighted by Crippen LogP contribution is 2.27. The van der Waals surface area contributed by atoms with Crippen molar-refractivity contribution in [2.45, 2.75) is 11.6 Å². The molecule has 11 heteroatoms. The van der Waals surface area contributed by atoms with Crippen LogP contribution in [0.5, 0.6) is 0 Å². The normalized spacial score (nSPS) is 10.7. The average molecular weight is 452 g/mol. The van der Waals surface area contributed by atoms with Crippen molar-refractivity contribution in [3.63, 3.8) is 0 Å². The smallest absolute Gasteiger partial charge is 0.289 e. The first-order valence-corrected chi connectivity index (χ1v) is 10.1. The van der Waals surface area contributed by atoms with Gasteiger partial charge >= 0.3 is 0 Å². The Morgan fingerprint density at radius 2 is 1.93 bits per heavy atom. The maximum absolute atomic E-state index is 12.2. The minimum absolute atomic E-state index is 0.00896. The van der Waals surface area contributed by atoms with Gasteiger partial charge in [0.25, 0.3) is 5.69 Å². The molecule has 0 unspecified atom stereocenters. The SMILES string of the molecule is Cn1c(Cc2ccc(Cl)cc2)nnc1SCC(=O)Nc1ccc(Cl)c([N+](=O)[O-])c1. The number of hydrogen-bond donors (Lipinski definition) is 1. The Bertz CT molecular complexity index is 1060. The molecule has 0 aliphatic carbocycles. The van der Waals surface area contributed by atoms with Gasteiger partial charge in [-0.1, -0.05) is 47.1 Å². The number of carbonyl (C=O) groups is 1. The molecular formula is C18H15Cl2N5O3S. The zero-order valence-corrected chi connectivity index (χ0v) is 17.5. The Kier molecular flexibility index (Phi) is 6.73. The number of nitrogens with zero attached hydrogens (tertiary/aromatic N) is 4. The van der Waals surface area contributed by atoms with Crippen LogP contribution in [0.1, 0.15) is 11.4 Å². The van der Waals surface area contributed by atoms with Gasteiger partial charge in [0, 0.05) is 30.2 Å². The molecule has 29 heavy (non-hydrogen) atoms. The van der Waals surface area contributed by atoms with E-state index in [1.807, 2.05) is 35.9 Å². The average Bonchev–Trinajstić information content (AvgIpc) is 3.03. The van der Waals surface area contributed by atoms with E-state index in [0.29, 0.717) is 22.3 Å². The number of thioether (sulfide) groups is 1. The molecule has 3 rings (SSSR count). The van der Waals surface area contributed by atoms with Crippen molar-refractivity contribution < 1.29 is 9.72 Å². The minimum Gasteiger partial charge on any atom is -0.325 e. The third kappa shape index (κ3) is 5.47. The van der Waals surface area contributed by atoms with Crippen LogP contribution in [0.15, 0.2) is 47.6 Å². The molecule has 0 atom stereocenters. The van der Waals surface area contributed by atoms with Gasteiger partial charge in [-0.15, -0.1) is 10.2 Å². The number of nitro groups is 1. The molecule has 150 valence electrons. The van der Waals surface area contributed by atoms with E-state index in [-0.39, 0.29) is 22.4 Å². The van der Waals surface area contributed by atoms with Gasteiger partial charge < -0.3 is 9.88 Å². The summed E-state index contributed by atoms with van der Waals surface area (Å²) in [5, 5.41) is 23.1. The van der Waals surface area contributed by atoms with E-state index >= 15 is 0 Å². The van der Waals surface area contributed by atoms with E-state index < -0.39 is 4.92 Å². The fourth-order valence-corrected chi connectivity index (χ4v) is 3.51. The highest BCUT2D eigenvalue weighted by Gasteiger charge is 2.15. The Morgan fingerprint density at radius 1 is 1.21 bits per heavy atom. The third-order valence-electron chi connectivity index (χ3n) is 3.96. The zero-order valence-electron chi connectivity index (χ0n) is 15.1. The molecule has 1 N–H and O–H groups in total. The number of nitrogens with one attached hydrogen (secondary N) is 1. The highest BCUT2D eigenvalue weighted by molar-refractivity contribution is 7.99. The fourth-order valence-electron chi connectivity index (χ4n) is 2.47. The van der Waals surface area contributed by atoms with Crippen molar-refractivity contribution in [1.29, 1.82) is 0 Å². The van der Waals surface area contributed by atoms with Crippen molar-refractivity contribution in [2.75, 3.05) is 11.1 Å². The molecule has 0 aliphatic rings. The predicted octanol–water partition coefficient (Wildman–Crippen LogP) is 4.35. The van der Waals surface area contributed by atoms with Crippen LogP contribution in [0, 0.1) is 10.1 Å². The monoisotopic (exact) mass is 451 g/mol. The molecule has 1 amide bonds. The van der Waals surface area contributed by atoms with Gasteiger partial charge in [-0.3, -0.25) is 14.9 Å². The summed E-state index contributed by atoms with van der Waals surface area (Å²) in [5.74, 6) is 0.501. The topological polar surface area (TPSA) is 103 Å². The number of amides is 1. The number of hydrogen-bond acceptors (Lipinski definition) is 6. The third-order valence-corrected chi connectivity index (χ3v) is 5.55. The summed E-state index contributed by atoms with van der Waals surface area (Å²) in [5.41, 5.74) is 1.08. The van der Waals surface area contributed by atoms with E-state index in [0.717, 1.165) is 11.4 Å². The first kappa shape index (κ1) is 21.1. The summed E-state index contributed by atoms with van der Waals surface area (Å²) in [7, 11) is 1.83. The molecular weight excluding hydrogens is 437 g/mol. The fraction of sp³-hybridized carbons (Fsp3) is 0.167. The number of anilines is 1. The van der Waals surface area contributed by atoms with Crippen molar-refractivity contribution in [2.24, 2.45) is 7.05 Å². The van der Waals surface area contributed by atoms with E-state index in [1.165, 1.54) is 30.0 Å². The van der Waals surface area contributed by atoms with Gasteiger partial charge in [0.1, 0.15) is 10.8 Å². The lowest BCUT2D eigenvalue weighted by Gasteiger charge is -2.06. The molecule has 0 fully saturated rings. The molecule has 0 radical (unpaired) electrons. The van der Waals surface area contributed by atoms with Crippen molar-refractivity contribution in [1.82, 2.24) is 14.8 Å². The van der Waals surface area contributed by atoms with Gasteiger partial charge in [-0.05, 0) is 29.8 Å². The Morgan fingerprint density at radius 3 is 2.62 bits per heavy atom. The summed E-state index contributed by atoms with van der Waals surface area (Å²) < 4.78 is 1.82. The Hall–Kier alpha value is -2.62. The molecule has 0 bridgehead atoms. The predicted molar refractivity (Wildman–Crippen MR) is 113 cm³/mol. The molecule has 0 saturated heterocycles. The molecule has 0 spiro atoms. The number of carbonyl (C=O) groups excluding carboxylic acids is 1. The van der Waals surface area contributed by atoms with Gasteiger partial charge in [-0.25, -0.2) is 0 Å². The molecule has 0 aliphatic heterocycles. The Balaban J connectivity index is 1.59. The molecule has 8 nitrogen and oxygen atoms in total. The molecule has 1 heterocycles. The van der Waals surface area contributed by atoms with Crippen LogP contribution in [-0.4, -0.2) is 31.3 Å². The van der Waals surface area contributed by atoms with E-state index in [1.54, 1.807) is 0 Å². The van der Waals surface area contributed by atoms with Crippen molar-refractivity contribution in [3.05, 3.63) is 74.0 Å². The van der Waals surface area contributed by atoms with Crippen molar-refractivity contribution >= 4 is 52.2 Å². The van der Waals surface area contributed by atoms with Crippen LogP contribution in [0.2, 0.25) is 10.0 Å². The number of halogens is 2. The summed E-state index contributed by atoms with van der Waals surface area (Å²) >= 11 is 12.9.